The first kappa shape index (κ1) is 16.8. The van der Waals surface area contributed by atoms with Gasteiger partial charge in [-0.25, -0.2) is 4.79 Å². The zero-order chi connectivity index (χ0) is 18.1. The first-order valence-corrected chi connectivity index (χ1v) is 9.35. The van der Waals surface area contributed by atoms with E-state index >= 15 is 0 Å². The van der Waals surface area contributed by atoms with E-state index in [0.717, 1.165) is 32.1 Å². The maximum atomic E-state index is 13.2. The summed E-state index contributed by atoms with van der Waals surface area (Å²) in [5, 5.41) is 9.39. The maximum Gasteiger partial charge on any atom is 0.335 e. The molecule has 0 aliphatic heterocycles. The van der Waals surface area contributed by atoms with Crippen molar-refractivity contribution in [2.45, 2.75) is 50.6 Å². The van der Waals surface area contributed by atoms with Gasteiger partial charge in [0.05, 0.1) is 18.0 Å². The number of carboxylic acid groups (broad SMARTS) is 1. The first-order chi connectivity index (χ1) is 12.6. The summed E-state index contributed by atoms with van der Waals surface area (Å²) in [5.41, 5.74) is 3.43. The van der Waals surface area contributed by atoms with Gasteiger partial charge in [0.15, 0.2) is 0 Å². The number of aromatic carboxylic acids is 1. The Kier molecular flexibility index (Phi) is 4.49. The third kappa shape index (κ3) is 3.24. The lowest BCUT2D eigenvalue weighted by molar-refractivity contribution is -0.134. The Morgan fingerprint density at radius 1 is 1.00 bits per heavy atom. The van der Waals surface area contributed by atoms with E-state index in [4.69, 9.17) is 0 Å². The number of hydrogen-bond donors (Lipinski definition) is 1. The first-order valence-electron chi connectivity index (χ1n) is 9.35. The Morgan fingerprint density at radius 3 is 2.50 bits per heavy atom. The zero-order valence-corrected chi connectivity index (χ0v) is 14.7. The molecule has 1 amide bonds. The van der Waals surface area contributed by atoms with Gasteiger partial charge in [-0.3, -0.25) is 4.79 Å². The molecule has 4 heteroatoms. The Morgan fingerprint density at radius 2 is 1.73 bits per heavy atom. The second-order valence-electron chi connectivity index (χ2n) is 7.28. The SMILES string of the molecule is O=C(O)c1ccccc1CC(=O)N(C1CC1)C1CCCc2ccccc21. The highest BCUT2D eigenvalue weighted by atomic mass is 16.4. The van der Waals surface area contributed by atoms with Crippen LogP contribution in [0.3, 0.4) is 0 Å². The van der Waals surface area contributed by atoms with Crippen LogP contribution >= 0.6 is 0 Å². The molecule has 0 spiro atoms. The smallest absolute Gasteiger partial charge is 0.335 e. The van der Waals surface area contributed by atoms with E-state index in [-0.39, 0.29) is 23.9 Å². The molecule has 4 rings (SSSR count). The standard InChI is InChI=1S/C22H23NO3/c24-21(14-16-7-2-4-10-19(16)22(25)26)23(17-12-13-17)20-11-5-8-15-6-1-3-9-18(15)20/h1-4,6-7,9-10,17,20H,5,8,11-14H2,(H,25,26). The van der Waals surface area contributed by atoms with Gasteiger partial charge < -0.3 is 10.0 Å². The van der Waals surface area contributed by atoms with Crippen molar-refractivity contribution >= 4 is 11.9 Å². The van der Waals surface area contributed by atoms with Crippen LogP contribution in [0.2, 0.25) is 0 Å². The van der Waals surface area contributed by atoms with E-state index in [2.05, 4.69) is 23.1 Å². The fourth-order valence-electron chi connectivity index (χ4n) is 4.14. The molecule has 1 fully saturated rings. The number of carbonyl (C=O) groups excluding carboxylic acids is 1. The van der Waals surface area contributed by atoms with E-state index in [9.17, 15) is 14.7 Å². The second kappa shape index (κ2) is 6.94. The number of amides is 1. The van der Waals surface area contributed by atoms with Crippen LogP contribution in [0.15, 0.2) is 48.5 Å². The molecule has 0 radical (unpaired) electrons. The van der Waals surface area contributed by atoms with E-state index in [1.807, 2.05) is 6.07 Å². The summed E-state index contributed by atoms with van der Waals surface area (Å²) in [4.78, 5) is 26.7. The van der Waals surface area contributed by atoms with Crippen molar-refractivity contribution in [2.75, 3.05) is 0 Å². The molecule has 0 heterocycles. The molecule has 1 saturated carbocycles. The van der Waals surface area contributed by atoms with Crippen LogP contribution in [0.5, 0.6) is 0 Å². The lowest BCUT2D eigenvalue weighted by Gasteiger charge is -2.36. The van der Waals surface area contributed by atoms with Gasteiger partial charge in [0, 0.05) is 6.04 Å². The summed E-state index contributed by atoms with van der Waals surface area (Å²) in [7, 11) is 0. The van der Waals surface area contributed by atoms with Crippen LogP contribution in [0, 0.1) is 0 Å². The Labute approximate surface area is 153 Å². The highest BCUT2D eigenvalue weighted by molar-refractivity contribution is 5.91. The number of benzene rings is 2. The Balaban J connectivity index is 1.62. The highest BCUT2D eigenvalue weighted by Gasteiger charge is 2.39. The third-order valence-electron chi connectivity index (χ3n) is 5.49. The minimum absolute atomic E-state index is 0.0444. The fourth-order valence-corrected chi connectivity index (χ4v) is 4.14. The lowest BCUT2D eigenvalue weighted by Crippen LogP contribution is -2.39. The van der Waals surface area contributed by atoms with Crippen LogP contribution in [-0.2, 0) is 17.6 Å². The molecule has 134 valence electrons. The molecule has 0 aromatic heterocycles. The second-order valence-corrected chi connectivity index (χ2v) is 7.28. The summed E-state index contributed by atoms with van der Waals surface area (Å²) in [5.74, 6) is -0.933. The van der Waals surface area contributed by atoms with Crippen molar-refractivity contribution in [1.29, 1.82) is 0 Å². The molecule has 0 saturated heterocycles. The minimum Gasteiger partial charge on any atom is -0.478 e. The largest absolute Gasteiger partial charge is 0.478 e. The monoisotopic (exact) mass is 349 g/mol. The molecule has 1 unspecified atom stereocenters. The Hall–Kier alpha value is -2.62. The number of rotatable bonds is 5. The molecule has 2 aromatic rings. The van der Waals surface area contributed by atoms with Gasteiger partial charge in [-0.15, -0.1) is 0 Å². The number of carbonyl (C=O) groups is 2. The predicted octanol–water partition coefficient (Wildman–Crippen LogP) is 4.00. The van der Waals surface area contributed by atoms with Crippen molar-refractivity contribution < 1.29 is 14.7 Å². The summed E-state index contributed by atoms with van der Waals surface area (Å²) < 4.78 is 0. The number of hydrogen-bond acceptors (Lipinski definition) is 2. The van der Waals surface area contributed by atoms with Crippen molar-refractivity contribution in [2.24, 2.45) is 0 Å². The van der Waals surface area contributed by atoms with Crippen LogP contribution in [0.25, 0.3) is 0 Å². The minimum atomic E-state index is -0.977. The van der Waals surface area contributed by atoms with Gasteiger partial charge in [0.25, 0.3) is 0 Å². The maximum absolute atomic E-state index is 13.2. The molecule has 4 nitrogen and oxygen atoms in total. The lowest BCUT2D eigenvalue weighted by atomic mass is 9.86. The van der Waals surface area contributed by atoms with Gasteiger partial charge in [-0.2, -0.15) is 0 Å². The Bertz CT molecular complexity index is 841. The van der Waals surface area contributed by atoms with Gasteiger partial charge in [-0.05, 0) is 54.9 Å². The number of aryl methyl sites for hydroxylation is 1. The van der Waals surface area contributed by atoms with Gasteiger partial charge in [0.2, 0.25) is 5.91 Å². The highest BCUT2D eigenvalue weighted by Crippen LogP contribution is 2.41. The predicted molar refractivity (Wildman–Crippen MR) is 99.1 cm³/mol. The van der Waals surface area contributed by atoms with Crippen molar-refractivity contribution in [3.8, 4) is 0 Å². The molecule has 1 N–H and O–H groups in total. The fraction of sp³-hybridized carbons (Fsp3) is 0.364. The van der Waals surface area contributed by atoms with Crippen LogP contribution < -0.4 is 0 Å². The van der Waals surface area contributed by atoms with Gasteiger partial charge in [0.1, 0.15) is 0 Å². The molecular formula is C22H23NO3. The molecule has 2 aliphatic rings. The molecule has 1 atom stereocenters. The molecule has 2 aliphatic carbocycles. The number of nitrogens with zero attached hydrogens (tertiary/aromatic N) is 1. The van der Waals surface area contributed by atoms with E-state index in [1.165, 1.54) is 11.1 Å². The van der Waals surface area contributed by atoms with Crippen LogP contribution in [-0.4, -0.2) is 27.9 Å². The van der Waals surface area contributed by atoms with Crippen molar-refractivity contribution in [3.63, 3.8) is 0 Å². The molecular weight excluding hydrogens is 326 g/mol. The van der Waals surface area contributed by atoms with E-state index in [0.29, 0.717) is 11.6 Å². The third-order valence-corrected chi connectivity index (χ3v) is 5.49. The summed E-state index contributed by atoms with van der Waals surface area (Å²) in [6.07, 6.45) is 5.39. The number of carboxylic acids is 1. The zero-order valence-electron chi connectivity index (χ0n) is 14.7. The van der Waals surface area contributed by atoms with Gasteiger partial charge in [-0.1, -0.05) is 42.5 Å². The van der Waals surface area contributed by atoms with E-state index in [1.54, 1.807) is 24.3 Å². The summed E-state index contributed by atoms with van der Waals surface area (Å²) >= 11 is 0. The average Bonchev–Trinajstić information content (AvgIpc) is 3.47. The molecule has 0 bridgehead atoms. The van der Waals surface area contributed by atoms with Crippen LogP contribution in [0.4, 0.5) is 0 Å². The molecule has 2 aromatic carbocycles. The van der Waals surface area contributed by atoms with Crippen molar-refractivity contribution in [3.05, 3.63) is 70.8 Å². The quantitative estimate of drug-likeness (QED) is 0.888. The van der Waals surface area contributed by atoms with Gasteiger partial charge >= 0.3 is 5.97 Å². The average molecular weight is 349 g/mol. The normalized spacial score (nSPS) is 18.8. The van der Waals surface area contributed by atoms with E-state index < -0.39 is 5.97 Å². The summed E-state index contributed by atoms with van der Waals surface area (Å²) in [6.45, 7) is 0. The van der Waals surface area contributed by atoms with Crippen LogP contribution in [0.1, 0.15) is 58.8 Å². The van der Waals surface area contributed by atoms with Crippen molar-refractivity contribution in [1.82, 2.24) is 4.90 Å². The summed E-state index contributed by atoms with van der Waals surface area (Å²) in [6, 6.07) is 15.7. The topological polar surface area (TPSA) is 57.6 Å². The number of fused-ring (bicyclic) bond motifs is 1. The molecule has 26 heavy (non-hydrogen) atoms.